The van der Waals surface area contributed by atoms with Gasteiger partial charge in [-0.05, 0) is 67.1 Å². The van der Waals surface area contributed by atoms with Crippen molar-refractivity contribution in [3.63, 3.8) is 0 Å². The Bertz CT molecular complexity index is 1040. The molecule has 32 heavy (non-hydrogen) atoms. The van der Waals surface area contributed by atoms with E-state index >= 15 is 0 Å². The Morgan fingerprint density at radius 2 is 1.38 bits per heavy atom. The summed E-state index contributed by atoms with van der Waals surface area (Å²) < 4.78 is 46.3. The van der Waals surface area contributed by atoms with Crippen molar-refractivity contribution in [3.05, 3.63) is 66.7 Å². The molecule has 0 aliphatic rings. The average Bonchev–Trinajstić information content (AvgIpc) is 2.80. The van der Waals surface area contributed by atoms with E-state index in [0.717, 1.165) is 0 Å². The van der Waals surface area contributed by atoms with Gasteiger partial charge in [0.25, 0.3) is 5.91 Å². The lowest BCUT2D eigenvalue weighted by molar-refractivity contribution is -0.122. The lowest BCUT2D eigenvalue weighted by Crippen LogP contribution is -2.30. The lowest BCUT2D eigenvalue weighted by atomic mass is 10.0. The number of hydrogen-bond donors (Lipinski definition) is 1. The fourth-order valence-electron chi connectivity index (χ4n) is 2.96. The number of rotatable bonds is 9. The van der Waals surface area contributed by atoms with Gasteiger partial charge in [0.05, 0.1) is 14.2 Å². The van der Waals surface area contributed by atoms with E-state index < -0.39 is 18.6 Å². The van der Waals surface area contributed by atoms with Crippen molar-refractivity contribution in [2.75, 3.05) is 19.5 Å². The maximum Gasteiger partial charge on any atom is 0.387 e. The summed E-state index contributed by atoms with van der Waals surface area (Å²) in [5.74, 6) is 1.40. The smallest absolute Gasteiger partial charge is 0.387 e. The molecule has 168 valence electrons. The Labute approximate surface area is 184 Å². The van der Waals surface area contributed by atoms with Crippen LogP contribution in [-0.4, -0.2) is 32.8 Å². The van der Waals surface area contributed by atoms with Crippen LogP contribution in [0.5, 0.6) is 23.0 Å². The molecule has 0 aliphatic heterocycles. The molecule has 0 spiro atoms. The van der Waals surface area contributed by atoms with Crippen LogP contribution in [0.3, 0.4) is 0 Å². The molecule has 1 amide bonds. The molecule has 0 aromatic heterocycles. The van der Waals surface area contributed by atoms with Crippen LogP contribution in [0.25, 0.3) is 11.1 Å². The zero-order chi connectivity index (χ0) is 23.1. The molecule has 0 bridgehead atoms. The molecule has 0 radical (unpaired) electrons. The molecular weight excluding hydrogens is 420 g/mol. The van der Waals surface area contributed by atoms with E-state index in [4.69, 9.17) is 14.2 Å². The normalized spacial score (nSPS) is 11.6. The van der Waals surface area contributed by atoms with Crippen molar-refractivity contribution < 1.29 is 32.5 Å². The van der Waals surface area contributed by atoms with Gasteiger partial charge in [0.15, 0.2) is 6.10 Å². The standard InChI is InChI=1S/C24H23F2NO5/c1-15(31-20-11-9-19(30-3)10-12-20)23(28)27-17-6-13-22(32-24(25)26)21(14-17)16-4-7-18(29-2)8-5-16/h4-15,24H,1-3H3,(H,27,28). The largest absolute Gasteiger partial charge is 0.497 e. The molecule has 0 saturated carbocycles. The van der Waals surface area contributed by atoms with Crippen LogP contribution in [0.1, 0.15) is 6.92 Å². The summed E-state index contributed by atoms with van der Waals surface area (Å²) in [6, 6.07) is 18.1. The average molecular weight is 443 g/mol. The summed E-state index contributed by atoms with van der Waals surface area (Å²) >= 11 is 0. The first kappa shape index (κ1) is 22.9. The zero-order valence-corrected chi connectivity index (χ0v) is 17.8. The van der Waals surface area contributed by atoms with Crippen molar-refractivity contribution in [2.45, 2.75) is 19.6 Å². The lowest BCUT2D eigenvalue weighted by Gasteiger charge is -2.17. The predicted molar refractivity (Wildman–Crippen MR) is 117 cm³/mol. The molecule has 6 nitrogen and oxygen atoms in total. The number of benzene rings is 3. The van der Waals surface area contributed by atoms with Gasteiger partial charge in [0.1, 0.15) is 23.0 Å². The molecule has 0 aliphatic carbocycles. The van der Waals surface area contributed by atoms with Crippen LogP contribution in [0, 0.1) is 0 Å². The zero-order valence-electron chi connectivity index (χ0n) is 17.8. The minimum atomic E-state index is -2.98. The van der Waals surface area contributed by atoms with Crippen LogP contribution < -0.4 is 24.3 Å². The second-order valence-corrected chi connectivity index (χ2v) is 6.74. The minimum Gasteiger partial charge on any atom is -0.497 e. The van der Waals surface area contributed by atoms with Crippen LogP contribution in [-0.2, 0) is 4.79 Å². The Kier molecular flexibility index (Phi) is 7.49. The van der Waals surface area contributed by atoms with Gasteiger partial charge < -0.3 is 24.3 Å². The summed E-state index contributed by atoms with van der Waals surface area (Å²) in [6.07, 6.45) is -0.801. The molecule has 1 N–H and O–H groups in total. The van der Waals surface area contributed by atoms with E-state index in [1.807, 2.05) is 0 Å². The summed E-state index contributed by atoms with van der Waals surface area (Å²) in [5, 5.41) is 2.74. The number of ether oxygens (including phenoxy) is 4. The summed E-state index contributed by atoms with van der Waals surface area (Å²) in [4.78, 5) is 12.6. The molecule has 0 saturated heterocycles. The van der Waals surface area contributed by atoms with E-state index in [0.29, 0.717) is 34.1 Å². The number of amides is 1. The Balaban J connectivity index is 1.78. The molecule has 3 rings (SSSR count). The SMILES string of the molecule is COc1ccc(OC(C)C(=O)Nc2ccc(OC(F)F)c(-c3ccc(OC)cc3)c2)cc1. The Morgan fingerprint density at radius 1 is 0.812 bits per heavy atom. The maximum atomic E-state index is 12.9. The molecule has 3 aromatic carbocycles. The number of halogens is 2. The van der Waals surface area contributed by atoms with E-state index in [2.05, 4.69) is 10.1 Å². The molecule has 3 aromatic rings. The Morgan fingerprint density at radius 3 is 1.94 bits per heavy atom. The van der Waals surface area contributed by atoms with Crippen molar-refractivity contribution in [3.8, 4) is 34.1 Å². The van der Waals surface area contributed by atoms with Crippen LogP contribution in [0.15, 0.2) is 66.7 Å². The van der Waals surface area contributed by atoms with E-state index in [-0.39, 0.29) is 5.75 Å². The van der Waals surface area contributed by atoms with Crippen molar-refractivity contribution in [2.24, 2.45) is 0 Å². The first-order chi connectivity index (χ1) is 15.4. The molecule has 8 heteroatoms. The predicted octanol–water partition coefficient (Wildman–Crippen LogP) is 5.38. The summed E-state index contributed by atoms with van der Waals surface area (Å²) in [7, 11) is 3.09. The highest BCUT2D eigenvalue weighted by Crippen LogP contribution is 2.34. The third kappa shape index (κ3) is 5.87. The van der Waals surface area contributed by atoms with E-state index in [9.17, 15) is 13.6 Å². The highest BCUT2D eigenvalue weighted by Gasteiger charge is 2.17. The van der Waals surface area contributed by atoms with Crippen molar-refractivity contribution >= 4 is 11.6 Å². The van der Waals surface area contributed by atoms with Gasteiger partial charge >= 0.3 is 6.61 Å². The number of anilines is 1. The van der Waals surface area contributed by atoms with Gasteiger partial charge in [-0.25, -0.2) is 0 Å². The highest BCUT2D eigenvalue weighted by atomic mass is 19.3. The van der Waals surface area contributed by atoms with Gasteiger partial charge in [-0.1, -0.05) is 12.1 Å². The third-order valence-electron chi connectivity index (χ3n) is 4.61. The second-order valence-electron chi connectivity index (χ2n) is 6.74. The number of nitrogens with one attached hydrogen (secondary N) is 1. The first-order valence-electron chi connectivity index (χ1n) is 9.74. The number of carbonyl (C=O) groups excluding carboxylic acids is 1. The first-order valence-corrected chi connectivity index (χ1v) is 9.74. The third-order valence-corrected chi connectivity index (χ3v) is 4.61. The monoisotopic (exact) mass is 443 g/mol. The molecule has 0 heterocycles. The fourth-order valence-corrected chi connectivity index (χ4v) is 2.96. The summed E-state index contributed by atoms with van der Waals surface area (Å²) in [6.45, 7) is -1.37. The number of methoxy groups -OCH3 is 2. The van der Waals surface area contributed by atoms with Gasteiger partial charge in [-0.3, -0.25) is 4.79 Å². The molecule has 0 fully saturated rings. The van der Waals surface area contributed by atoms with Crippen LogP contribution in [0.2, 0.25) is 0 Å². The minimum absolute atomic E-state index is 0.00861. The van der Waals surface area contributed by atoms with E-state index in [1.165, 1.54) is 19.2 Å². The van der Waals surface area contributed by atoms with Crippen molar-refractivity contribution in [1.29, 1.82) is 0 Å². The van der Waals surface area contributed by atoms with Crippen molar-refractivity contribution in [1.82, 2.24) is 0 Å². The number of alkyl halides is 2. The maximum absolute atomic E-state index is 12.9. The fraction of sp³-hybridized carbons (Fsp3) is 0.208. The summed E-state index contributed by atoms with van der Waals surface area (Å²) in [5.41, 5.74) is 1.43. The molecule has 1 atom stereocenters. The topological polar surface area (TPSA) is 66.0 Å². The van der Waals surface area contributed by atoms with Crippen LogP contribution >= 0.6 is 0 Å². The van der Waals surface area contributed by atoms with E-state index in [1.54, 1.807) is 68.6 Å². The van der Waals surface area contributed by atoms with Gasteiger partial charge in [-0.15, -0.1) is 0 Å². The second kappa shape index (κ2) is 10.5. The Hall–Kier alpha value is -3.81. The van der Waals surface area contributed by atoms with Crippen LogP contribution in [0.4, 0.5) is 14.5 Å². The van der Waals surface area contributed by atoms with Gasteiger partial charge in [-0.2, -0.15) is 8.78 Å². The number of hydrogen-bond acceptors (Lipinski definition) is 5. The van der Waals surface area contributed by atoms with Gasteiger partial charge in [0.2, 0.25) is 0 Å². The molecule has 1 unspecified atom stereocenters. The highest BCUT2D eigenvalue weighted by molar-refractivity contribution is 5.95. The quantitative estimate of drug-likeness (QED) is 0.481. The van der Waals surface area contributed by atoms with Gasteiger partial charge in [0, 0.05) is 11.3 Å². The molecular formula is C24H23F2NO5. The number of carbonyl (C=O) groups is 1.